The van der Waals surface area contributed by atoms with E-state index in [9.17, 15) is 0 Å². The molecule has 1 aromatic rings. The molecule has 0 aliphatic carbocycles. The molecule has 1 aromatic heterocycles. The van der Waals surface area contributed by atoms with Crippen LogP contribution in [0.5, 0.6) is 0 Å². The Balaban J connectivity index is 1.94. The lowest BCUT2D eigenvalue weighted by Gasteiger charge is -2.13. The summed E-state index contributed by atoms with van der Waals surface area (Å²) in [6.45, 7) is 6.70. The van der Waals surface area contributed by atoms with Gasteiger partial charge in [-0.25, -0.2) is 4.98 Å². The molecule has 0 spiro atoms. The Morgan fingerprint density at radius 2 is 2.19 bits per heavy atom. The molecule has 0 aliphatic heterocycles. The van der Waals surface area contributed by atoms with Crippen LogP contribution in [-0.4, -0.2) is 22.1 Å². The van der Waals surface area contributed by atoms with Crippen molar-refractivity contribution in [1.29, 1.82) is 0 Å². The molecule has 1 atom stereocenters. The molecule has 3 nitrogen and oxygen atoms in total. The number of aromatic nitrogens is 2. The molecule has 0 aromatic carbocycles. The standard InChI is InChI=1S/C13H25N3/c1-3-4-5-7-13(2)15-8-6-10-16-11-9-14-12-16/h9,11-13,15H,3-8,10H2,1-2H3. The molecule has 0 amide bonds. The van der Waals surface area contributed by atoms with Crippen LogP contribution in [-0.2, 0) is 6.54 Å². The summed E-state index contributed by atoms with van der Waals surface area (Å²) < 4.78 is 2.13. The van der Waals surface area contributed by atoms with Gasteiger partial charge in [0.1, 0.15) is 0 Å². The molecule has 1 unspecified atom stereocenters. The van der Waals surface area contributed by atoms with Crippen LogP contribution in [0.3, 0.4) is 0 Å². The van der Waals surface area contributed by atoms with E-state index in [-0.39, 0.29) is 0 Å². The van der Waals surface area contributed by atoms with Crippen molar-refractivity contribution < 1.29 is 0 Å². The van der Waals surface area contributed by atoms with Gasteiger partial charge in [-0.05, 0) is 26.3 Å². The van der Waals surface area contributed by atoms with Gasteiger partial charge in [0, 0.05) is 25.0 Å². The summed E-state index contributed by atoms with van der Waals surface area (Å²) >= 11 is 0. The molecule has 0 saturated carbocycles. The highest BCUT2D eigenvalue weighted by Gasteiger charge is 1.99. The van der Waals surface area contributed by atoms with Crippen molar-refractivity contribution in [2.45, 2.75) is 58.5 Å². The predicted molar refractivity (Wildman–Crippen MR) is 68.5 cm³/mol. The van der Waals surface area contributed by atoms with Gasteiger partial charge in [0.25, 0.3) is 0 Å². The van der Waals surface area contributed by atoms with E-state index in [0.29, 0.717) is 6.04 Å². The molecular formula is C13H25N3. The third-order valence-electron chi connectivity index (χ3n) is 2.89. The Hall–Kier alpha value is -0.830. The normalized spacial score (nSPS) is 12.9. The summed E-state index contributed by atoms with van der Waals surface area (Å²) in [7, 11) is 0. The van der Waals surface area contributed by atoms with Crippen molar-refractivity contribution in [3.63, 3.8) is 0 Å². The quantitative estimate of drug-likeness (QED) is 0.652. The van der Waals surface area contributed by atoms with Gasteiger partial charge in [0.05, 0.1) is 6.33 Å². The van der Waals surface area contributed by atoms with E-state index in [4.69, 9.17) is 0 Å². The van der Waals surface area contributed by atoms with Crippen LogP contribution in [0.2, 0.25) is 0 Å². The molecule has 1 heterocycles. The summed E-state index contributed by atoms with van der Waals surface area (Å²) in [6.07, 6.45) is 12.2. The molecule has 92 valence electrons. The molecular weight excluding hydrogens is 198 g/mol. The highest BCUT2D eigenvalue weighted by Crippen LogP contribution is 2.02. The molecule has 0 aliphatic rings. The van der Waals surface area contributed by atoms with Crippen molar-refractivity contribution in [2.24, 2.45) is 0 Å². The average molecular weight is 223 g/mol. The zero-order valence-electron chi connectivity index (χ0n) is 10.7. The topological polar surface area (TPSA) is 29.9 Å². The van der Waals surface area contributed by atoms with Gasteiger partial charge >= 0.3 is 0 Å². The third kappa shape index (κ3) is 5.91. The molecule has 1 N–H and O–H groups in total. The van der Waals surface area contributed by atoms with Crippen LogP contribution in [0, 0.1) is 0 Å². The smallest absolute Gasteiger partial charge is 0.0945 e. The van der Waals surface area contributed by atoms with Crippen molar-refractivity contribution in [3.8, 4) is 0 Å². The average Bonchev–Trinajstić information content (AvgIpc) is 2.78. The number of aryl methyl sites for hydroxylation is 1. The molecule has 0 bridgehead atoms. The Morgan fingerprint density at radius 3 is 2.88 bits per heavy atom. The van der Waals surface area contributed by atoms with Gasteiger partial charge in [-0.1, -0.05) is 26.2 Å². The van der Waals surface area contributed by atoms with Crippen molar-refractivity contribution in [3.05, 3.63) is 18.7 Å². The monoisotopic (exact) mass is 223 g/mol. The summed E-state index contributed by atoms with van der Waals surface area (Å²) in [5, 5.41) is 3.57. The van der Waals surface area contributed by atoms with E-state index in [1.807, 2.05) is 18.7 Å². The molecule has 1 rings (SSSR count). The number of rotatable bonds is 9. The van der Waals surface area contributed by atoms with Gasteiger partial charge in [0.2, 0.25) is 0 Å². The second-order valence-corrected chi connectivity index (χ2v) is 4.51. The van der Waals surface area contributed by atoms with E-state index < -0.39 is 0 Å². The first-order valence-corrected chi connectivity index (χ1v) is 6.52. The van der Waals surface area contributed by atoms with Crippen molar-refractivity contribution >= 4 is 0 Å². The minimum atomic E-state index is 0.661. The van der Waals surface area contributed by atoms with Gasteiger partial charge in [-0.2, -0.15) is 0 Å². The summed E-state index contributed by atoms with van der Waals surface area (Å²) in [4.78, 5) is 4.03. The van der Waals surface area contributed by atoms with E-state index in [1.54, 1.807) is 0 Å². The van der Waals surface area contributed by atoms with Crippen LogP contribution in [0.15, 0.2) is 18.7 Å². The van der Waals surface area contributed by atoms with Crippen LogP contribution in [0.25, 0.3) is 0 Å². The first kappa shape index (κ1) is 13.2. The summed E-state index contributed by atoms with van der Waals surface area (Å²) in [5.41, 5.74) is 0. The fourth-order valence-electron chi connectivity index (χ4n) is 1.83. The van der Waals surface area contributed by atoms with Crippen LogP contribution >= 0.6 is 0 Å². The number of imidazole rings is 1. The number of hydrogen-bond acceptors (Lipinski definition) is 2. The van der Waals surface area contributed by atoms with Crippen LogP contribution < -0.4 is 5.32 Å². The molecule has 16 heavy (non-hydrogen) atoms. The number of unbranched alkanes of at least 4 members (excludes halogenated alkanes) is 2. The van der Waals surface area contributed by atoms with Crippen molar-refractivity contribution in [1.82, 2.24) is 14.9 Å². The lowest BCUT2D eigenvalue weighted by Crippen LogP contribution is -2.27. The van der Waals surface area contributed by atoms with E-state index >= 15 is 0 Å². The van der Waals surface area contributed by atoms with Gasteiger partial charge in [-0.3, -0.25) is 0 Å². The Morgan fingerprint density at radius 1 is 1.31 bits per heavy atom. The fraction of sp³-hybridized carbons (Fsp3) is 0.769. The maximum Gasteiger partial charge on any atom is 0.0945 e. The van der Waals surface area contributed by atoms with Crippen LogP contribution in [0.1, 0.15) is 46.0 Å². The highest BCUT2D eigenvalue weighted by atomic mass is 15.0. The van der Waals surface area contributed by atoms with Crippen LogP contribution in [0.4, 0.5) is 0 Å². The predicted octanol–water partition coefficient (Wildman–Crippen LogP) is 2.83. The minimum absolute atomic E-state index is 0.661. The summed E-state index contributed by atoms with van der Waals surface area (Å²) in [5.74, 6) is 0. The van der Waals surface area contributed by atoms with E-state index in [2.05, 4.69) is 28.7 Å². The Labute approximate surface area is 99.3 Å². The van der Waals surface area contributed by atoms with E-state index in [1.165, 1.54) is 32.1 Å². The second-order valence-electron chi connectivity index (χ2n) is 4.51. The molecule has 0 radical (unpaired) electrons. The third-order valence-corrected chi connectivity index (χ3v) is 2.89. The second kappa shape index (κ2) is 8.34. The van der Waals surface area contributed by atoms with E-state index in [0.717, 1.165) is 13.1 Å². The van der Waals surface area contributed by atoms with Crippen molar-refractivity contribution in [2.75, 3.05) is 6.54 Å². The maximum absolute atomic E-state index is 4.03. The van der Waals surface area contributed by atoms with Gasteiger partial charge < -0.3 is 9.88 Å². The number of nitrogens with one attached hydrogen (secondary N) is 1. The minimum Gasteiger partial charge on any atom is -0.337 e. The zero-order valence-corrected chi connectivity index (χ0v) is 10.7. The Kier molecular flexibility index (Phi) is 6.90. The molecule has 0 fully saturated rings. The zero-order chi connectivity index (χ0) is 11.6. The number of nitrogens with zero attached hydrogens (tertiary/aromatic N) is 2. The first-order valence-electron chi connectivity index (χ1n) is 6.52. The van der Waals surface area contributed by atoms with Gasteiger partial charge in [0.15, 0.2) is 0 Å². The Bertz CT molecular complexity index is 244. The first-order chi connectivity index (χ1) is 7.83. The lowest BCUT2D eigenvalue weighted by molar-refractivity contribution is 0.470. The summed E-state index contributed by atoms with van der Waals surface area (Å²) in [6, 6.07) is 0.661. The molecule has 3 heteroatoms. The highest BCUT2D eigenvalue weighted by molar-refractivity contribution is 4.74. The SMILES string of the molecule is CCCCCC(C)NCCCn1ccnc1. The van der Waals surface area contributed by atoms with Gasteiger partial charge in [-0.15, -0.1) is 0 Å². The lowest BCUT2D eigenvalue weighted by atomic mass is 10.1. The maximum atomic E-state index is 4.03. The fourth-order valence-corrected chi connectivity index (χ4v) is 1.83. The largest absolute Gasteiger partial charge is 0.337 e. The number of hydrogen-bond donors (Lipinski definition) is 1. The molecule has 0 saturated heterocycles.